The molecule has 0 atom stereocenters. The third-order valence-corrected chi connectivity index (χ3v) is 2.42. The van der Waals surface area contributed by atoms with E-state index in [1.807, 2.05) is 0 Å². The highest BCUT2D eigenvalue weighted by Crippen LogP contribution is 2.21. The molecule has 0 aliphatic carbocycles. The Morgan fingerprint density at radius 2 is 2.22 bits per heavy atom. The Bertz CT molecular complexity index is 577. The van der Waals surface area contributed by atoms with Crippen molar-refractivity contribution < 1.29 is 9.53 Å². The normalized spacial score (nSPS) is 10.1. The van der Waals surface area contributed by atoms with E-state index in [4.69, 9.17) is 10.5 Å². The van der Waals surface area contributed by atoms with Crippen molar-refractivity contribution in [3.05, 3.63) is 36.0 Å². The van der Waals surface area contributed by atoms with Gasteiger partial charge in [-0.25, -0.2) is 0 Å². The lowest BCUT2D eigenvalue weighted by molar-refractivity contribution is 0.102. The van der Waals surface area contributed by atoms with Crippen molar-refractivity contribution >= 4 is 17.4 Å². The van der Waals surface area contributed by atoms with Gasteiger partial charge in [-0.15, -0.1) is 0 Å². The van der Waals surface area contributed by atoms with E-state index < -0.39 is 0 Å². The van der Waals surface area contributed by atoms with Gasteiger partial charge in [0.25, 0.3) is 5.91 Å². The van der Waals surface area contributed by atoms with E-state index in [1.165, 1.54) is 7.11 Å². The first kappa shape index (κ1) is 12.0. The summed E-state index contributed by atoms with van der Waals surface area (Å²) in [4.78, 5) is 12.1. The number of carbonyl (C=O) groups excluding carboxylic acids is 1. The fourth-order valence-electron chi connectivity index (χ4n) is 1.57. The minimum atomic E-state index is -0.308. The van der Waals surface area contributed by atoms with Crippen LogP contribution in [0.3, 0.4) is 0 Å². The summed E-state index contributed by atoms with van der Waals surface area (Å²) in [7, 11) is 3.28. The standard InChI is InChI=1S/C12H14N4O2/c1-16-6-5-11(15-16)14-12(17)9-7-8(13)3-4-10(9)18-2/h3-7H,13H2,1-2H3,(H,14,15,17). The molecule has 2 aromatic rings. The van der Waals surface area contributed by atoms with Gasteiger partial charge in [-0.1, -0.05) is 0 Å². The number of amides is 1. The van der Waals surface area contributed by atoms with E-state index in [9.17, 15) is 4.79 Å². The van der Waals surface area contributed by atoms with Crippen LogP contribution in [-0.2, 0) is 7.05 Å². The van der Waals surface area contributed by atoms with Crippen molar-refractivity contribution in [1.82, 2.24) is 9.78 Å². The molecule has 2 rings (SSSR count). The number of hydrogen-bond acceptors (Lipinski definition) is 4. The Hall–Kier alpha value is -2.50. The van der Waals surface area contributed by atoms with Gasteiger partial charge < -0.3 is 15.8 Å². The Labute approximate surface area is 104 Å². The first-order valence-corrected chi connectivity index (χ1v) is 5.34. The lowest BCUT2D eigenvalue weighted by Gasteiger charge is -2.08. The lowest BCUT2D eigenvalue weighted by Crippen LogP contribution is -2.14. The molecule has 0 fully saturated rings. The van der Waals surface area contributed by atoms with Gasteiger partial charge in [0.05, 0.1) is 12.7 Å². The average molecular weight is 246 g/mol. The van der Waals surface area contributed by atoms with Crippen LogP contribution in [0.1, 0.15) is 10.4 Å². The number of nitrogens with one attached hydrogen (secondary N) is 1. The summed E-state index contributed by atoms with van der Waals surface area (Å²) in [6.45, 7) is 0. The highest BCUT2D eigenvalue weighted by Gasteiger charge is 2.13. The smallest absolute Gasteiger partial charge is 0.260 e. The Balaban J connectivity index is 2.25. The van der Waals surface area contributed by atoms with Crippen molar-refractivity contribution in [2.45, 2.75) is 0 Å². The van der Waals surface area contributed by atoms with Crippen LogP contribution in [0.5, 0.6) is 5.75 Å². The van der Waals surface area contributed by atoms with Crippen LogP contribution in [0.2, 0.25) is 0 Å². The van der Waals surface area contributed by atoms with Crippen LogP contribution in [-0.4, -0.2) is 22.8 Å². The Morgan fingerprint density at radius 1 is 1.44 bits per heavy atom. The second-order valence-corrected chi connectivity index (χ2v) is 3.79. The maximum Gasteiger partial charge on any atom is 0.260 e. The highest BCUT2D eigenvalue weighted by molar-refractivity contribution is 6.06. The number of carbonyl (C=O) groups is 1. The monoisotopic (exact) mass is 246 g/mol. The number of nitrogen functional groups attached to an aromatic ring is 1. The summed E-state index contributed by atoms with van der Waals surface area (Å²) in [6.07, 6.45) is 1.74. The number of ether oxygens (including phenoxy) is 1. The number of aromatic nitrogens is 2. The zero-order valence-corrected chi connectivity index (χ0v) is 10.2. The summed E-state index contributed by atoms with van der Waals surface area (Å²) in [5.41, 5.74) is 6.54. The molecule has 3 N–H and O–H groups in total. The van der Waals surface area contributed by atoms with Crippen molar-refractivity contribution in [3.8, 4) is 5.75 Å². The molecule has 0 saturated heterocycles. The van der Waals surface area contributed by atoms with Crippen LogP contribution in [0.4, 0.5) is 11.5 Å². The molecular formula is C12H14N4O2. The molecule has 0 spiro atoms. The molecule has 18 heavy (non-hydrogen) atoms. The zero-order chi connectivity index (χ0) is 13.1. The fraction of sp³-hybridized carbons (Fsp3) is 0.167. The lowest BCUT2D eigenvalue weighted by atomic mass is 10.1. The maximum absolute atomic E-state index is 12.1. The van der Waals surface area contributed by atoms with Crippen LogP contribution in [0.15, 0.2) is 30.5 Å². The molecule has 0 unspecified atom stereocenters. The highest BCUT2D eigenvalue weighted by atomic mass is 16.5. The Kier molecular flexibility index (Phi) is 3.18. The van der Waals surface area contributed by atoms with Crippen molar-refractivity contribution in [1.29, 1.82) is 0 Å². The molecule has 1 aromatic carbocycles. The van der Waals surface area contributed by atoms with E-state index in [0.717, 1.165) is 0 Å². The fourth-order valence-corrected chi connectivity index (χ4v) is 1.57. The summed E-state index contributed by atoms with van der Waals surface area (Å²) in [5, 5.41) is 6.74. The van der Waals surface area contributed by atoms with Gasteiger partial charge in [0.2, 0.25) is 0 Å². The number of nitrogens with two attached hydrogens (primary N) is 1. The van der Waals surface area contributed by atoms with Crippen molar-refractivity contribution in [2.24, 2.45) is 7.05 Å². The molecule has 1 heterocycles. The molecule has 94 valence electrons. The maximum atomic E-state index is 12.1. The SMILES string of the molecule is COc1ccc(N)cc1C(=O)Nc1ccn(C)n1. The second-order valence-electron chi connectivity index (χ2n) is 3.79. The van der Waals surface area contributed by atoms with Crippen LogP contribution < -0.4 is 15.8 Å². The van der Waals surface area contributed by atoms with E-state index in [1.54, 1.807) is 42.2 Å². The number of methoxy groups -OCH3 is 1. The number of aryl methyl sites for hydroxylation is 1. The van der Waals surface area contributed by atoms with Crippen molar-refractivity contribution in [2.75, 3.05) is 18.2 Å². The van der Waals surface area contributed by atoms with Gasteiger partial charge >= 0.3 is 0 Å². The number of anilines is 2. The first-order chi connectivity index (χ1) is 8.60. The number of nitrogens with zero attached hydrogens (tertiary/aromatic N) is 2. The van der Waals surface area contributed by atoms with E-state index >= 15 is 0 Å². The van der Waals surface area contributed by atoms with E-state index in [-0.39, 0.29) is 5.91 Å². The molecule has 6 heteroatoms. The van der Waals surface area contributed by atoms with Crippen LogP contribution in [0.25, 0.3) is 0 Å². The first-order valence-electron chi connectivity index (χ1n) is 5.34. The number of benzene rings is 1. The predicted octanol–water partition coefficient (Wildman–Crippen LogP) is 1.26. The predicted molar refractivity (Wildman–Crippen MR) is 68.6 cm³/mol. The summed E-state index contributed by atoms with van der Waals surface area (Å²) in [6, 6.07) is 6.60. The third kappa shape index (κ3) is 2.42. The minimum Gasteiger partial charge on any atom is -0.496 e. The molecule has 0 bridgehead atoms. The molecule has 0 aliphatic rings. The van der Waals surface area contributed by atoms with E-state index in [0.29, 0.717) is 22.8 Å². The van der Waals surface area contributed by atoms with Crippen molar-refractivity contribution in [3.63, 3.8) is 0 Å². The molecule has 0 radical (unpaired) electrons. The Morgan fingerprint density at radius 3 is 2.83 bits per heavy atom. The number of rotatable bonds is 3. The molecular weight excluding hydrogens is 232 g/mol. The summed E-state index contributed by atoms with van der Waals surface area (Å²) in [5.74, 6) is 0.641. The largest absolute Gasteiger partial charge is 0.496 e. The quantitative estimate of drug-likeness (QED) is 0.799. The van der Waals surface area contributed by atoms with Gasteiger partial charge in [-0.2, -0.15) is 5.10 Å². The average Bonchev–Trinajstić information content (AvgIpc) is 2.74. The van der Waals surface area contributed by atoms with Crippen LogP contribution in [0, 0.1) is 0 Å². The van der Waals surface area contributed by atoms with Gasteiger partial charge in [-0.3, -0.25) is 9.48 Å². The third-order valence-electron chi connectivity index (χ3n) is 2.42. The molecule has 1 amide bonds. The summed E-state index contributed by atoms with van der Waals surface area (Å²) >= 11 is 0. The van der Waals surface area contributed by atoms with E-state index in [2.05, 4.69) is 10.4 Å². The van der Waals surface area contributed by atoms with Gasteiger partial charge in [-0.05, 0) is 18.2 Å². The molecule has 0 aliphatic heterocycles. The topological polar surface area (TPSA) is 82.2 Å². The molecule has 0 saturated carbocycles. The minimum absolute atomic E-state index is 0.308. The zero-order valence-electron chi connectivity index (χ0n) is 10.2. The van der Waals surface area contributed by atoms with Crippen LogP contribution >= 0.6 is 0 Å². The van der Waals surface area contributed by atoms with Gasteiger partial charge in [0.1, 0.15) is 5.75 Å². The van der Waals surface area contributed by atoms with Gasteiger partial charge in [0.15, 0.2) is 5.82 Å². The molecule has 1 aromatic heterocycles. The second kappa shape index (κ2) is 4.79. The summed E-state index contributed by atoms with van der Waals surface area (Å²) < 4.78 is 6.73. The molecule has 6 nitrogen and oxygen atoms in total. The number of hydrogen-bond donors (Lipinski definition) is 2. The van der Waals surface area contributed by atoms with Gasteiger partial charge in [0, 0.05) is 25.0 Å².